The van der Waals surface area contributed by atoms with Crippen LogP contribution in [-0.2, 0) is 9.53 Å². The second-order valence-corrected chi connectivity index (χ2v) is 5.11. The fourth-order valence-corrected chi connectivity index (χ4v) is 2.14. The number of amides is 1. The van der Waals surface area contributed by atoms with Gasteiger partial charge in [0.1, 0.15) is 0 Å². The fraction of sp³-hybridized carbons (Fsp3) is 0.176. The van der Waals surface area contributed by atoms with E-state index in [2.05, 4.69) is 10.6 Å². The van der Waals surface area contributed by atoms with Crippen LogP contribution in [0.3, 0.4) is 0 Å². The Bertz CT molecular complexity index is 704. The van der Waals surface area contributed by atoms with Crippen molar-refractivity contribution < 1.29 is 14.3 Å². The van der Waals surface area contributed by atoms with E-state index in [-0.39, 0.29) is 19.1 Å². The first-order chi connectivity index (χ1) is 11.1. The van der Waals surface area contributed by atoms with Gasteiger partial charge in [0.25, 0.3) is 0 Å². The van der Waals surface area contributed by atoms with Gasteiger partial charge in [-0.3, -0.25) is 4.79 Å². The Balaban J connectivity index is 1.99. The number of anilines is 2. The van der Waals surface area contributed by atoms with Crippen molar-refractivity contribution in [2.75, 3.05) is 23.8 Å². The van der Waals surface area contributed by atoms with Crippen molar-refractivity contribution in [1.29, 1.82) is 0 Å². The molecule has 2 N–H and O–H groups in total. The predicted molar refractivity (Wildman–Crippen MR) is 91.0 cm³/mol. The van der Waals surface area contributed by atoms with E-state index in [1.54, 1.807) is 49.4 Å². The molecule has 0 aromatic heterocycles. The smallest absolute Gasteiger partial charge is 0.340 e. The van der Waals surface area contributed by atoms with Crippen LogP contribution in [-0.4, -0.2) is 25.0 Å². The number of nitrogens with one attached hydrogen (secondary N) is 2. The molecular weight excluding hydrogens is 316 g/mol. The van der Waals surface area contributed by atoms with Crippen LogP contribution in [0.2, 0.25) is 5.02 Å². The summed E-state index contributed by atoms with van der Waals surface area (Å²) >= 11 is 5.88. The van der Waals surface area contributed by atoms with Gasteiger partial charge in [-0.25, -0.2) is 4.79 Å². The molecule has 2 rings (SSSR count). The summed E-state index contributed by atoms with van der Waals surface area (Å²) in [5, 5.41) is 6.25. The normalized spacial score (nSPS) is 10.0. The molecule has 2 aromatic rings. The zero-order valence-corrected chi connectivity index (χ0v) is 13.4. The maximum absolute atomic E-state index is 12.0. The molecule has 0 atom stereocenters. The number of benzene rings is 2. The molecule has 0 saturated heterocycles. The van der Waals surface area contributed by atoms with Gasteiger partial charge in [0.2, 0.25) is 5.91 Å². The van der Waals surface area contributed by atoms with Crippen LogP contribution in [0.25, 0.3) is 0 Å². The SMILES string of the molecule is CCOC(=O)c1ccccc1NC(=O)CNc1cccc(Cl)c1. The van der Waals surface area contributed by atoms with Crippen molar-refractivity contribution in [3.63, 3.8) is 0 Å². The molecule has 2 aromatic carbocycles. The van der Waals surface area contributed by atoms with Crippen molar-refractivity contribution in [3.8, 4) is 0 Å². The summed E-state index contributed by atoms with van der Waals surface area (Å²) < 4.78 is 4.97. The first-order valence-electron chi connectivity index (χ1n) is 7.15. The maximum Gasteiger partial charge on any atom is 0.340 e. The molecule has 0 heterocycles. The van der Waals surface area contributed by atoms with E-state index in [0.717, 1.165) is 5.69 Å². The third-order valence-electron chi connectivity index (χ3n) is 2.97. The van der Waals surface area contributed by atoms with Crippen molar-refractivity contribution in [1.82, 2.24) is 0 Å². The van der Waals surface area contributed by atoms with Crippen molar-refractivity contribution >= 4 is 34.9 Å². The van der Waals surface area contributed by atoms with Crippen LogP contribution >= 0.6 is 11.6 Å². The Hall–Kier alpha value is -2.53. The number of carbonyl (C=O) groups is 2. The Labute approximate surface area is 139 Å². The first kappa shape index (κ1) is 16.8. The molecule has 6 heteroatoms. The average molecular weight is 333 g/mol. The van der Waals surface area contributed by atoms with Crippen molar-refractivity contribution in [3.05, 3.63) is 59.1 Å². The van der Waals surface area contributed by atoms with Gasteiger partial charge >= 0.3 is 5.97 Å². The zero-order valence-electron chi connectivity index (χ0n) is 12.6. The van der Waals surface area contributed by atoms with Gasteiger partial charge in [0.15, 0.2) is 0 Å². The molecule has 5 nitrogen and oxygen atoms in total. The highest BCUT2D eigenvalue weighted by Crippen LogP contribution is 2.17. The van der Waals surface area contributed by atoms with E-state index in [1.165, 1.54) is 0 Å². The van der Waals surface area contributed by atoms with Gasteiger partial charge < -0.3 is 15.4 Å². The topological polar surface area (TPSA) is 67.4 Å². The van der Waals surface area contributed by atoms with E-state index in [4.69, 9.17) is 16.3 Å². The van der Waals surface area contributed by atoms with Crippen LogP contribution in [0.5, 0.6) is 0 Å². The second kappa shape index (κ2) is 8.19. The summed E-state index contributed by atoms with van der Waals surface area (Å²) in [7, 11) is 0. The van der Waals surface area contributed by atoms with Gasteiger partial charge in [-0.05, 0) is 37.3 Å². The monoisotopic (exact) mass is 332 g/mol. The van der Waals surface area contributed by atoms with E-state index in [0.29, 0.717) is 16.3 Å². The molecule has 0 fully saturated rings. The third kappa shape index (κ3) is 5.00. The molecule has 0 aliphatic carbocycles. The Morgan fingerprint density at radius 2 is 1.91 bits per heavy atom. The lowest BCUT2D eigenvalue weighted by Crippen LogP contribution is -2.23. The van der Waals surface area contributed by atoms with Gasteiger partial charge in [-0.15, -0.1) is 0 Å². The van der Waals surface area contributed by atoms with E-state index in [1.807, 2.05) is 6.07 Å². The summed E-state index contributed by atoms with van der Waals surface area (Å²) in [6.07, 6.45) is 0. The van der Waals surface area contributed by atoms with Gasteiger partial charge in [-0.2, -0.15) is 0 Å². The number of ether oxygens (including phenoxy) is 1. The first-order valence-corrected chi connectivity index (χ1v) is 7.53. The van der Waals surface area contributed by atoms with Crippen molar-refractivity contribution in [2.45, 2.75) is 6.92 Å². The lowest BCUT2D eigenvalue weighted by molar-refractivity contribution is -0.114. The standard InChI is InChI=1S/C17H17ClN2O3/c1-2-23-17(22)14-8-3-4-9-15(14)20-16(21)11-19-13-7-5-6-12(18)10-13/h3-10,19H,2,11H2,1H3,(H,20,21). The van der Waals surface area contributed by atoms with Gasteiger partial charge in [0.05, 0.1) is 24.4 Å². The number of carbonyl (C=O) groups excluding carboxylic acids is 2. The van der Waals surface area contributed by atoms with Crippen LogP contribution < -0.4 is 10.6 Å². The summed E-state index contributed by atoms with van der Waals surface area (Å²) in [6, 6.07) is 13.8. The lowest BCUT2D eigenvalue weighted by atomic mass is 10.2. The predicted octanol–water partition coefficient (Wildman–Crippen LogP) is 3.57. The quantitative estimate of drug-likeness (QED) is 0.794. The molecule has 0 unspecified atom stereocenters. The summed E-state index contributed by atoms with van der Waals surface area (Å²) in [4.78, 5) is 23.9. The van der Waals surface area contributed by atoms with Crippen LogP contribution in [0.15, 0.2) is 48.5 Å². The van der Waals surface area contributed by atoms with Gasteiger partial charge in [-0.1, -0.05) is 29.8 Å². The number of hydrogen-bond acceptors (Lipinski definition) is 4. The number of para-hydroxylation sites is 1. The highest BCUT2D eigenvalue weighted by Gasteiger charge is 2.13. The minimum atomic E-state index is -0.466. The fourth-order valence-electron chi connectivity index (χ4n) is 1.95. The molecular formula is C17H17ClN2O3. The zero-order chi connectivity index (χ0) is 16.7. The van der Waals surface area contributed by atoms with E-state index >= 15 is 0 Å². The number of esters is 1. The number of rotatable bonds is 6. The van der Waals surface area contributed by atoms with Crippen molar-refractivity contribution in [2.24, 2.45) is 0 Å². The van der Waals surface area contributed by atoms with E-state index in [9.17, 15) is 9.59 Å². The van der Waals surface area contributed by atoms with Crippen LogP contribution in [0.4, 0.5) is 11.4 Å². The molecule has 0 saturated carbocycles. The minimum Gasteiger partial charge on any atom is -0.462 e. The second-order valence-electron chi connectivity index (χ2n) is 4.68. The molecule has 0 aliphatic heterocycles. The van der Waals surface area contributed by atoms with Crippen LogP contribution in [0, 0.1) is 0 Å². The summed E-state index contributed by atoms with van der Waals surface area (Å²) in [5.41, 5.74) is 1.49. The highest BCUT2D eigenvalue weighted by molar-refractivity contribution is 6.30. The maximum atomic E-state index is 12.0. The van der Waals surface area contributed by atoms with Gasteiger partial charge in [0, 0.05) is 10.7 Å². The minimum absolute atomic E-state index is 0.0531. The lowest BCUT2D eigenvalue weighted by Gasteiger charge is -2.11. The Morgan fingerprint density at radius 1 is 1.13 bits per heavy atom. The molecule has 120 valence electrons. The summed E-state index contributed by atoms with van der Waals surface area (Å²) in [5.74, 6) is -0.743. The largest absolute Gasteiger partial charge is 0.462 e. The number of halogens is 1. The Kier molecular flexibility index (Phi) is 6.00. The molecule has 0 spiro atoms. The number of hydrogen-bond donors (Lipinski definition) is 2. The molecule has 23 heavy (non-hydrogen) atoms. The Morgan fingerprint density at radius 3 is 2.65 bits per heavy atom. The molecule has 0 bridgehead atoms. The molecule has 1 amide bonds. The molecule has 0 aliphatic rings. The molecule has 0 radical (unpaired) electrons. The van der Waals surface area contributed by atoms with E-state index < -0.39 is 5.97 Å². The highest BCUT2D eigenvalue weighted by atomic mass is 35.5. The average Bonchev–Trinajstić information content (AvgIpc) is 2.54. The third-order valence-corrected chi connectivity index (χ3v) is 3.21. The summed E-state index contributed by atoms with van der Waals surface area (Å²) in [6.45, 7) is 2.06. The van der Waals surface area contributed by atoms with Crippen LogP contribution in [0.1, 0.15) is 17.3 Å².